The first-order chi connectivity index (χ1) is 10.6. The molecule has 1 aromatic rings. The zero-order valence-corrected chi connectivity index (χ0v) is 13.4. The lowest BCUT2D eigenvalue weighted by molar-refractivity contribution is -0.138. The van der Waals surface area contributed by atoms with Crippen LogP contribution in [-0.2, 0) is 22.2 Å². The van der Waals surface area contributed by atoms with Crippen molar-refractivity contribution < 1.29 is 22.8 Å². The van der Waals surface area contributed by atoms with Gasteiger partial charge in [-0.15, -0.1) is 0 Å². The molecule has 0 saturated heterocycles. The molecule has 0 fully saturated rings. The molecule has 4 nitrogen and oxygen atoms in total. The maximum absolute atomic E-state index is 12.7. The van der Waals surface area contributed by atoms with Gasteiger partial charge in [0.1, 0.15) is 0 Å². The molecule has 2 amide bonds. The monoisotopic (exact) mass is 330 g/mol. The van der Waals surface area contributed by atoms with Gasteiger partial charge < -0.3 is 10.2 Å². The molecule has 0 heterocycles. The van der Waals surface area contributed by atoms with E-state index in [9.17, 15) is 22.8 Å². The molecule has 1 N–H and O–H groups in total. The third-order valence-electron chi connectivity index (χ3n) is 3.13. The third-order valence-corrected chi connectivity index (χ3v) is 3.13. The Bertz CT molecular complexity index is 557. The molecule has 1 aromatic carbocycles. The van der Waals surface area contributed by atoms with Gasteiger partial charge in [0.25, 0.3) is 0 Å². The number of benzene rings is 1. The van der Waals surface area contributed by atoms with E-state index >= 15 is 0 Å². The van der Waals surface area contributed by atoms with Gasteiger partial charge in [-0.2, -0.15) is 13.2 Å². The van der Waals surface area contributed by atoms with Gasteiger partial charge in [0.05, 0.1) is 18.5 Å². The van der Waals surface area contributed by atoms with Crippen molar-refractivity contribution in [3.05, 3.63) is 35.4 Å². The molecular weight excluding hydrogens is 309 g/mol. The number of carbonyl (C=O) groups excluding carboxylic acids is 2. The van der Waals surface area contributed by atoms with Crippen LogP contribution in [0.1, 0.15) is 31.9 Å². The molecule has 0 aliphatic carbocycles. The van der Waals surface area contributed by atoms with Gasteiger partial charge in [-0.3, -0.25) is 9.59 Å². The van der Waals surface area contributed by atoms with Gasteiger partial charge in [-0.05, 0) is 32.4 Å². The van der Waals surface area contributed by atoms with E-state index in [4.69, 9.17) is 0 Å². The molecule has 0 aromatic heterocycles. The number of amides is 2. The van der Waals surface area contributed by atoms with E-state index in [0.29, 0.717) is 6.54 Å². The molecule has 0 radical (unpaired) electrons. The molecular formula is C16H21F3N2O2. The average molecular weight is 330 g/mol. The molecule has 0 aliphatic rings. The number of nitrogens with zero attached hydrogens (tertiary/aromatic N) is 1. The number of likely N-dealkylation sites (N-methyl/N-ethyl adjacent to an activating group) is 1. The van der Waals surface area contributed by atoms with Crippen LogP contribution in [0.2, 0.25) is 0 Å². The van der Waals surface area contributed by atoms with E-state index in [0.717, 1.165) is 12.1 Å². The first-order valence-corrected chi connectivity index (χ1v) is 7.36. The Kier molecular flexibility index (Phi) is 6.60. The van der Waals surface area contributed by atoms with Gasteiger partial charge in [-0.1, -0.05) is 18.2 Å². The molecule has 23 heavy (non-hydrogen) atoms. The average Bonchev–Trinajstić information content (AvgIpc) is 2.43. The van der Waals surface area contributed by atoms with Gasteiger partial charge in [0.15, 0.2) is 0 Å². The summed E-state index contributed by atoms with van der Waals surface area (Å²) in [6.07, 6.45) is -4.62. The summed E-state index contributed by atoms with van der Waals surface area (Å²) in [5.41, 5.74) is -0.518. The molecule has 128 valence electrons. The van der Waals surface area contributed by atoms with Crippen LogP contribution in [0.4, 0.5) is 13.2 Å². The SMILES string of the molecule is CCN(CC(=O)NC(C)C)C(=O)Cc1cccc(C(F)(F)F)c1. The first kappa shape index (κ1) is 19.0. The van der Waals surface area contributed by atoms with Crippen molar-refractivity contribution in [2.45, 2.75) is 39.4 Å². The molecule has 0 atom stereocenters. The summed E-state index contributed by atoms with van der Waals surface area (Å²) in [5.74, 6) is -0.676. The maximum Gasteiger partial charge on any atom is 0.416 e. The highest BCUT2D eigenvalue weighted by Gasteiger charge is 2.30. The highest BCUT2D eigenvalue weighted by molar-refractivity contribution is 5.85. The number of alkyl halides is 3. The second-order valence-electron chi connectivity index (χ2n) is 5.51. The van der Waals surface area contributed by atoms with Crippen molar-refractivity contribution in [1.82, 2.24) is 10.2 Å². The number of rotatable bonds is 6. The lowest BCUT2D eigenvalue weighted by atomic mass is 10.1. The third kappa shape index (κ3) is 6.30. The number of halogens is 3. The second kappa shape index (κ2) is 7.99. The van der Waals surface area contributed by atoms with Crippen LogP contribution in [0.3, 0.4) is 0 Å². The van der Waals surface area contributed by atoms with E-state index in [2.05, 4.69) is 5.32 Å². The summed E-state index contributed by atoms with van der Waals surface area (Å²) in [6, 6.07) is 4.61. The van der Waals surface area contributed by atoms with Crippen LogP contribution in [0.25, 0.3) is 0 Å². The molecule has 0 bridgehead atoms. The van der Waals surface area contributed by atoms with Crippen molar-refractivity contribution in [1.29, 1.82) is 0 Å². The normalized spacial score (nSPS) is 11.4. The van der Waals surface area contributed by atoms with Crippen molar-refractivity contribution >= 4 is 11.8 Å². The van der Waals surface area contributed by atoms with Crippen LogP contribution in [0, 0.1) is 0 Å². The van der Waals surface area contributed by atoms with Gasteiger partial charge in [-0.25, -0.2) is 0 Å². The predicted octanol–water partition coefficient (Wildman–Crippen LogP) is 2.62. The van der Waals surface area contributed by atoms with E-state index in [-0.39, 0.29) is 36.4 Å². The first-order valence-electron chi connectivity index (χ1n) is 7.36. The van der Waals surface area contributed by atoms with Crippen LogP contribution >= 0.6 is 0 Å². The number of carbonyl (C=O) groups is 2. The molecule has 0 spiro atoms. The Labute approximate surface area is 133 Å². The minimum absolute atomic E-state index is 0.0419. The smallest absolute Gasteiger partial charge is 0.352 e. The fourth-order valence-electron chi connectivity index (χ4n) is 2.06. The van der Waals surface area contributed by atoms with Crippen molar-refractivity contribution in [2.75, 3.05) is 13.1 Å². The Morgan fingerprint density at radius 1 is 1.26 bits per heavy atom. The zero-order valence-electron chi connectivity index (χ0n) is 13.4. The second-order valence-corrected chi connectivity index (χ2v) is 5.51. The highest BCUT2D eigenvalue weighted by atomic mass is 19.4. The van der Waals surface area contributed by atoms with Gasteiger partial charge in [0.2, 0.25) is 11.8 Å². The summed E-state index contributed by atoms with van der Waals surface area (Å²) in [5, 5.41) is 2.67. The lowest BCUT2D eigenvalue weighted by Gasteiger charge is -2.21. The van der Waals surface area contributed by atoms with E-state index < -0.39 is 11.7 Å². The fourth-order valence-corrected chi connectivity index (χ4v) is 2.06. The number of hydrogen-bond donors (Lipinski definition) is 1. The topological polar surface area (TPSA) is 49.4 Å². The Morgan fingerprint density at radius 2 is 1.91 bits per heavy atom. The molecule has 0 saturated carbocycles. The van der Waals surface area contributed by atoms with Crippen LogP contribution in [0.15, 0.2) is 24.3 Å². The number of nitrogens with one attached hydrogen (secondary N) is 1. The Balaban J connectivity index is 2.75. The summed E-state index contributed by atoms with van der Waals surface area (Å²) in [4.78, 5) is 25.2. The summed E-state index contributed by atoms with van der Waals surface area (Å²) in [7, 11) is 0. The molecule has 0 unspecified atom stereocenters. The van der Waals surface area contributed by atoms with Crippen molar-refractivity contribution in [3.63, 3.8) is 0 Å². The highest BCUT2D eigenvalue weighted by Crippen LogP contribution is 2.29. The van der Waals surface area contributed by atoms with Gasteiger partial charge in [0, 0.05) is 12.6 Å². The van der Waals surface area contributed by atoms with Crippen LogP contribution in [0.5, 0.6) is 0 Å². The van der Waals surface area contributed by atoms with Gasteiger partial charge >= 0.3 is 6.18 Å². The Morgan fingerprint density at radius 3 is 2.43 bits per heavy atom. The van der Waals surface area contributed by atoms with Crippen molar-refractivity contribution in [3.8, 4) is 0 Å². The quantitative estimate of drug-likeness (QED) is 0.872. The fraction of sp³-hybridized carbons (Fsp3) is 0.500. The maximum atomic E-state index is 12.7. The predicted molar refractivity (Wildman–Crippen MR) is 80.7 cm³/mol. The van der Waals surface area contributed by atoms with Crippen LogP contribution in [-0.4, -0.2) is 35.8 Å². The Hall–Kier alpha value is -2.05. The van der Waals surface area contributed by atoms with E-state index in [1.807, 2.05) is 0 Å². The zero-order chi connectivity index (χ0) is 17.6. The standard InChI is InChI=1S/C16H21F3N2O2/c1-4-21(10-14(22)20-11(2)3)15(23)9-12-6-5-7-13(8-12)16(17,18)19/h5-8,11H,4,9-10H2,1-3H3,(H,20,22). The molecule has 1 rings (SSSR count). The van der Waals surface area contributed by atoms with Crippen LogP contribution < -0.4 is 5.32 Å². The van der Waals surface area contributed by atoms with E-state index in [1.54, 1.807) is 20.8 Å². The van der Waals surface area contributed by atoms with E-state index in [1.165, 1.54) is 17.0 Å². The largest absolute Gasteiger partial charge is 0.416 e. The summed E-state index contributed by atoms with van der Waals surface area (Å²) >= 11 is 0. The minimum atomic E-state index is -4.44. The lowest BCUT2D eigenvalue weighted by Crippen LogP contribution is -2.43. The van der Waals surface area contributed by atoms with Crippen molar-refractivity contribution in [2.24, 2.45) is 0 Å². The summed E-state index contributed by atoms with van der Waals surface area (Å²) < 4.78 is 38.0. The minimum Gasteiger partial charge on any atom is -0.352 e. The summed E-state index contributed by atoms with van der Waals surface area (Å²) in [6.45, 7) is 5.53. The molecule has 7 heteroatoms. The molecule has 0 aliphatic heterocycles. The number of hydrogen-bond acceptors (Lipinski definition) is 2.